The third-order valence-corrected chi connectivity index (χ3v) is 9.05. The quantitative estimate of drug-likeness (QED) is 0.762. The van der Waals surface area contributed by atoms with Gasteiger partial charge in [-0.15, -0.1) is 11.3 Å². The minimum atomic E-state index is -0.0941. The van der Waals surface area contributed by atoms with Gasteiger partial charge in [0.2, 0.25) is 0 Å². The summed E-state index contributed by atoms with van der Waals surface area (Å²) in [6.45, 7) is 4.49. The van der Waals surface area contributed by atoms with Crippen LogP contribution in [0.5, 0.6) is 0 Å². The molecule has 4 aliphatic carbocycles. The number of fused-ring (bicyclic) bond motifs is 4. The van der Waals surface area contributed by atoms with Gasteiger partial charge < -0.3 is 5.11 Å². The lowest BCUT2D eigenvalue weighted by Crippen LogP contribution is -2.47. The Morgan fingerprint density at radius 1 is 1.17 bits per heavy atom. The lowest BCUT2D eigenvalue weighted by atomic mass is 9.52. The molecule has 6 atom stereocenters. The first-order chi connectivity index (χ1) is 11.0. The molecule has 1 N–H and O–H groups in total. The molecule has 0 spiro atoms. The monoisotopic (exact) mass is 330 g/mol. The number of aliphatic hydroxyl groups excluding tert-OH is 1. The van der Waals surface area contributed by atoms with Gasteiger partial charge in [0.1, 0.15) is 0 Å². The number of carbonyl (C=O) groups excluding carboxylic acids is 1. The second-order valence-corrected chi connectivity index (χ2v) is 10.0. The number of hydrogen-bond donors (Lipinski definition) is 1. The lowest BCUT2D eigenvalue weighted by Gasteiger charge is -2.52. The Balaban J connectivity index is 1.61. The van der Waals surface area contributed by atoms with Gasteiger partial charge in [0.15, 0.2) is 5.78 Å². The van der Waals surface area contributed by atoms with Crippen LogP contribution in [0.25, 0.3) is 0 Å². The molecule has 0 unspecified atom stereocenters. The number of rotatable bonds is 0. The van der Waals surface area contributed by atoms with E-state index >= 15 is 0 Å². The Morgan fingerprint density at radius 3 is 2.83 bits per heavy atom. The number of Topliss-reactive ketones (excluding diaryl/α,β-unsaturated/α-hetero) is 1. The highest BCUT2D eigenvalue weighted by molar-refractivity contribution is 7.12. The minimum Gasteiger partial charge on any atom is -0.393 e. The van der Waals surface area contributed by atoms with Crippen LogP contribution in [0.1, 0.15) is 77.0 Å². The molecular weight excluding hydrogens is 304 g/mol. The van der Waals surface area contributed by atoms with Crippen LogP contribution >= 0.6 is 11.3 Å². The van der Waals surface area contributed by atoms with Gasteiger partial charge in [-0.1, -0.05) is 6.92 Å². The van der Waals surface area contributed by atoms with Gasteiger partial charge in [0, 0.05) is 21.7 Å². The van der Waals surface area contributed by atoms with Crippen LogP contribution in [0.2, 0.25) is 0 Å². The standard InChI is InChI=1S/C20H26O2S/c1-10-18-15(21)5-3-12-11-7-8-20(2)14(4-6-17(20)22)13(11)9-16(23-10)19(12)18/h11-14,17,22H,3-9H2,1-2H3/t11-,12-,13-,14+,17+,20+/m1/s1. The zero-order chi connectivity index (χ0) is 15.9. The summed E-state index contributed by atoms with van der Waals surface area (Å²) in [5, 5.41) is 10.5. The Bertz CT molecular complexity index is 690. The fourth-order valence-electron chi connectivity index (χ4n) is 6.79. The molecule has 0 bridgehead atoms. The van der Waals surface area contributed by atoms with E-state index in [2.05, 4.69) is 13.8 Å². The van der Waals surface area contributed by atoms with Crippen molar-refractivity contribution in [3.05, 3.63) is 20.9 Å². The maximum atomic E-state index is 12.4. The summed E-state index contributed by atoms with van der Waals surface area (Å²) in [6.07, 6.45) is 7.53. The van der Waals surface area contributed by atoms with Crippen LogP contribution in [0, 0.1) is 30.1 Å². The summed E-state index contributed by atoms with van der Waals surface area (Å²) >= 11 is 1.90. The zero-order valence-electron chi connectivity index (χ0n) is 14.1. The molecule has 2 fully saturated rings. The van der Waals surface area contributed by atoms with Crippen molar-refractivity contribution in [1.82, 2.24) is 0 Å². The van der Waals surface area contributed by atoms with Crippen molar-refractivity contribution < 1.29 is 9.90 Å². The van der Waals surface area contributed by atoms with Crippen LogP contribution in [0.3, 0.4) is 0 Å². The Kier molecular flexibility index (Phi) is 2.99. The Hall–Kier alpha value is -0.670. The third-order valence-electron chi connectivity index (χ3n) is 7.91. The zero-order valence-corrected chi connectivity index (χ0v) is 14.9. The first kappa shape index (κ1) is 14.7. The van der Waals surface area contributed by atoms with Gasteiger partial charge in [-0.2, -0.15) is 0 Å². The second kappa shape index (κ2) is 4.70. The largest absolute Gasteiger partial charge is 0.393 e. The van der Waals surface area contributed by atoms with Crippen molar-refractivity contribution in [1.29, 1.82) is 0 Å². The van der Waals surface area contributed by atoms with Crippen molar-refractivity contribution in [2.45, 2.75) is 70.8 Å². The molecule has 0 aromatic carbocycles. The predicted molar refractivity (Wildman–Crippen MR) is 92.1 cm³/mol. The molecule has 1 aromatic heterocycles. The van der Waals surface area contributed by atoms with Crippen LogP contribution in [0.4, 0.5) is 0 Å². The molecule has 0 amide bonds. The van der Waals surface area contributed by atoms with E-state index < -0.39 is 0 Å². The highest BCUT2D eigenvalue weighted by atomic mass is 32.1. The molecule has 2 nitrogen and oxygen atoms in total. The average molecular weight is 330 g/mol. The summed E-state index contributed by atoms with van der Waals surface area (Å²) < 4.78 is 0. The van der Waals surface area contributed by atoms with Gasteiger partial charge >= 0.3 is 0 Å². The Morgan fingerprint density at radius 2 is 2.00 bits per heavy atom. The molecule has 0 aliphatic heterocycles. The van der Waals surface area contributed by atoms with Crippen LogP contribution in [-0.4, -0.2) is 17.0 Å². The normalized spacial score (nSPS) is 44.7. The van der Waals surface area contributed by atoms with E-state index in [1.807, 2.05) is 11.3 Å². The van der Waals surface area contributed by atoms with Crippen LogP contribution in [0.15, 0.2) is 0 Å². The number of carbonyl (C=O) groups is 1. The predicted octanol–water partition coefficient (Wildman–Crippen LogP) is 4.48. The molecular formula is C20H26O2S. The Labute approximate surface area is 142 Å². The highest BCUT2D eigenvalue weighted by Gasteiger charge is 2.57. The first-order valence-corrected chi connectivity index (χ1v) is 10.2. The lowest BCUT2D eigenvalue weighted by molar-refractivity contribution is -0.0423. The number of ketones is 1. The number of aliphatic hydroxyl groups is 1. The van der Waals surface area contributed by atoms with E-state index in [4.69, 9.17) is 0 Å². The van der Waals surface area contributed by atoms with E-state index in [9.17, 15) is 9.90 Å². The maximum absolute atomic E-state index is 12.4. The fraction of sp³-hybridized carbons (Fsp3) is 0.750. The van der Waals surface area contributed by atoms with E-state index in [0.29, 0.717) is 17.6 Å². The molecule has 3 heteroatoms. The number of hydrogen-bond acceptors (Lipinski definition) is 3. The van der Waals surface area contributed by atoms with Crippen molar-refractivity contribution >= 4 is 17.1 Å². The van der Waals surface area contributed by atoms with Crippen molar-refractivity contribution in [2.75, 3.05) is 0 Å². The minimum absolute atomic E-state index is 0.0941. The van der Waals surface area contributed by atoms with Gasteiger partial charge in [0.25, 0.3) is 0 Å². The van der Waals surface area contributed by atoms with Gasteiger partial charge in [-0.25, -0.2) is 0 Å². The fourth-order valence-corrected chi connectivity index (χ4v) is 8.13. The SMILES string of the molecule is Cc1sc2c3c1C(=O)CC[C@@H]3[C@H]1CC[C@]3(C)[C@@H](O)CC[C@H]3[C@@H]1C2. The summed E-state index contributed by atoms with van der Waals surface area (Å²) in [5.74, 6) is 3.21. The molecule has 4 aliphatic rings. The molecule has 5 rings (SSSR count). The molecule has 124 valence electrons. The van der Waals surface area contributed by atoms with Crippen LogP contribution < -0.4 is 0 Å². The molecule has 0 radical (unpaired) electrons. The second-order valence-electron chi connectivity index (χ2n) is 8.71. The van der Waals surface area contributed by atoms with E-state index in [0.717, 1.165) is 36.7 Å². The van der Waals surface area contributed by atoms with E-state index in [1.165, 1.54) is 41.0 Å². The van der Waals surface area contributed by atoms with Gasteiger partial charge in [-0.3, -0.25) is 4.79 Å². The van der Waals surface area contributed by atoms with Crippen molar-refractivity contribution in [3.8, 4) is 0 Å². The number of aryl methyl sites for hydroxylation is 1. The van der Waals surface area contributed by atoms with Crippen molar-refractivity contribution in [2.24, 2.45) is 23.2 Å². The summed E-state index contributed by atoms with van der Waals surface area (Å²) in [5.41, 5.74) is 2.73. The topological polar surface area (TPSA) is 37.3 Å². The highest BCUT2D eigenvalue weighted by Crippen LogP contribution is 2.63. The summed E-state index contributed by atoms with van der Waals surface area (Å²) in [4.78, 5) is 15.2. The maximum Gasteiger partial charge on any atom is 0.164 e. The molecule has 2 saturated carbocycles. The number of thiophene rings is 1. The third kappa shape index (κ3) is 1.76. The first-order valence-electron chi connectivity index (χ1n) is 9.34. The van der Waals surface area contributed by atoms with E-state index in [1.54, 1.807) is 0 Å². The summed E-state index contributed by atoms with van der Waals surface area (Å²) in [7, 11) is 0. The molecule has 0 saturated heterocycles. The summed E-state index contributed by atoms with van der Waals surface area (Å²) in [6, 6.07) is 0. The molecule has 23 heavy (non-hydrogen) atoms. The smallest absolute Gasteiger partial charge is 0.164 e. The molecule has 1 heterocycles. The van der Waals surface area contributed by atoms with Crippen LogP contribution in [-0.2, 0) is 6.42 Å². The molecule has 1 aromatic rings. The van der Waals surface area contributed by atoms with Gasteiger partial charge in [-0.05, 0) is 80.1 Å². The van der Waals surface area contributed by atoms with E-state index in [-0.39, 0.29) is 11.5 Å². The van der Waals surface area contributed by atoms with Gasteiger partial charge in [0.05, 0.1) is 6.10 Å². The average Bonchev–Trinajstić information content (AvgIpc) is 3.01. The van der Waals surface area contributed by atoms with Crippen molar-refractivity contribution in [3.63, 3.8) is 0 Å².